The van der Waals surface area contributed by atoms with E-state index in [1.165, 1.54) is 0 Å². The van der Waals surface area contributed by atoms with Crippen molar-refractivity contribution < 1.29 is 0 Å². The number of halogens is 2. The Bertz CT molecular complexity index is 103. The molecule has 2 unspecified atom stereocenters. The Hall–Kier alpha value is 0.540. The molecule has 1 nitrogen and oxygen atoms in total. The van der Waals surface area contributed by atoms with Crippen LogP contribution in [0.1, 0.15) is 6.92 Å². The van der Waals surface area contributed by atoms with Crippen LogP contribution in [0.2, 0.25) is 0 Å². The van der Waals surface area contributed by atoms with E-state index < -0.39 is 4.33 Å². The van der Waals surface area contributed by atoms with Gasteiger partial charge in [-0.2, -0.15) is 0 Å². The van der Waals surface area contributed by atoms with E-state index in [0.717, 1.165) is 0 Å². The third-order valence-corrected chi connectivity index (χ3v) is 2.88. The Morgan fingerprint density at radius 1 is 1.50 bits per heavy atom. The molecule has 1 saturated carbocycles. The number of alkyl halides is 2. The molecule has 0 aliphatic heterocycles. The summed E-state index contributed by atoms with van der Waals surface area (Å²) in [5, 5.41) is 3.02. The Balaban J connectivity index is 2.45. The smallest absolute Gasteiger partial charge is 0.137 e. The Morgan fingerprint density at radius 2 is 1.88 bits per heavy atom. The average Bonchev–Trinajstić information content (AvgIpc) is 2.09. The first-order valence-electron chi connectivity index (χ1n) is 2.65. The van der Waals surface area contributed by atoms with Crippen LogP contribution in [-0.2, 0) is 0 Å². The van der Waals surface area contributed by atoms with Crippen molar-refractivity contribution in [3.8, 4) is 0 Å². The summed E-state index contributed by atoms with van der Waals surface area (Å²) in [5.74, 6) is 0.399. The zero-order chi connectivity index (χ0) is 6.36. The van der Waals surface area contributed by atoms with Gasteiger partial charge in [-0.3, -0.25) is 0 Å². The third kappa shape index (κ3) is 0.734. The summed E-state index contributed by atoms with van der Waals surface area (Å²) < 4.78 is -0.491. The molecule has 1 aliphatic rings. The summed E-state index contributed by atoms with van der Waals surface area (Å²) in [6, 6.07) is 0.297. The van der Waals surface area contributed by atoms with E-state index in [4.69, 9.17) is 23.2 Å². The predicted octanol–water partition coefficient (Wildman–Crippen LogP) is 1.40. The van der Waals surface area contributed by atoms with E-state index in [9.17, 15) is 0 Å². The van der Waals surface area contributed by atoms with Crippen LogP contribution in [0.5, 0.6) is 0 Å². The van der Waals surface area contributed by atoms with Crippen LogP contribution in [0.4, 0.5) is 0 Å². The highest BCUT2D eigenvalue weighted by molar-refractivity contribution is 6.51. The van der Waals surface area contributed by atoms with E-state index in [1.54, 1.807) is 0 Å². The number of nitrogens with one attached hydrogen (secondary N) is 1. The van der Waals surface area contributed by atoms with Gasteiger partial charge in [0.25, 0.3) is 0 Å². The monoisotopic (exact) mass is 153 g/mol. The second-order valence-electron chi connectivity index (χ2n) is 2.23. The van der Waals surface area contributed by atoms with Gasteiger partial charge in [0.15, 0.2) is 0 Å². The maximum atomic E-state index is 5.76. The molecule has 3 heteroatoms. The highest BCUT2D eigenvalue weighted by atomic mass is 35.5. The minimum absolute atomic E-state index is 0.297. The fraction of sp³-hybridized carbons (Fsp3) is 1.00. The number of rotatable bonds is 1. The van der Waals surface area contributed by atoms with Crippen molar-refractivity contribution in [2.75, 3.05) is 7.05 Å². The molecule has 0 amide bonds. The molecule has 1 aliphatic carbocycles. The SMILES string of the molecule is CNC1C(C)C1(Cl)Cl. The summed E-state index contributed by atoms with van der Waals surface area (Å²) in [6.45, 7) is 2.03. The summed E-state index contributed by atoms with van der Waals surface area (Å²) in [5.41, 5.74) is 0. The molecule has 0 spiro atoms. The predicted molar refractivity (Wildman–Crippen MR) is 36.4 cm³/mol. The molecule has 1 N–H and O–H groups in total. The fourth-order valence-corrected chi connectivity index (χ4v) is 1.64. The molecule has 0 saturated heterocycles. The van der Waals surface area contributed by atoms with Gasteiger partial charge in [-0.25, -0.2) is 0 Å². The summed E-state index contributed by atoms with van der Waals surface area (Å²) in [7, 11) is 1.87. The number of hydrogen-bond acceptors (Lipinski definition) is 1. The maximum Gasteiger partial charge on any atom is 0.137 e. The van der Waals surface area contributed by atoms with Gasteiger partial charge in [0, 0.05) is 12.0 Å². The molecule has 48 valence electrons. The van der Waals surface area contributed by atoms with Gasteiger partial charge >= 0.3 is 0 Å². The molecule has 0 radical (unpaired) electrons. The highest BCUT2D eigenvalue weighted by Gasteiger charge is 2.59. The van der Waals surface area contributed by atoms with Gasteiger partial charge in [-0.05, 0) is 7.05 Å². The average molecular weight is 154 g/mol. The molecular formula is C5H9Cl2N. The van der Waals surface area contributed by atoms with Crippen molar-refractivity contribution in [3.63, 3.8) is 0 Å². The zero-order valence-electron chi connectivity index (χ0n) is 4.91. The molecule has 2 atom stereocenters. The molecule has 0 aromatic heterocycles. The van der Waals surface area contributed by atoms with Gasteiger partial charge in [0.2, 0.25) is 0 Å². The Labute approximate surface area is 59.3 Å². The van der Waals surface area contributed by atoms with Crippen molar-refractivity contribution in [2.45, 2.75) is 17.3 Å². The van der Waals surface area contributed by atoms with Crippen molar-refractivity contribution in [2.24, 2.45) is 5.92 Å². The zero-order valence-corrected chi connectivity index (χ0v) is 6.42. The molecule has 1 fully saturated rings. The summed E-state index contributed by atoms with van der Waals surface area (Å²) in [4.78, 5) is 0. The maximum absolute atomic E-state index is 5.76. The van der Waals surface area contributed by atoms with Crippen LogP contribution in [0.25, 0.3) is 0 Å². The fourth-order valence-electron chi connectivity index (χ4n) is 0.922. The van der Waals surface area contributed by atoms with E-state index in [1.807, 2.05) is 14.0 Å². The standard InChI is InChI=1S/C5H9Cl2N/c1-3-4(8-2)5(3,6)7/h3-4,8H,1-2H3. The minimum atomic E-state index is -0.491. The first-order chi connectivity index (χ1) is 3.60. The van der Waals surface area contributed by atoms with E-state index >= 15 is 0 Å². The topological polar surface area (TPSA) is 12.0 Å². The second kappa shape index (κ2) is 1.76. The second-order valence-corrected chi connectivity index (χ2v) is 3.67. The quantitative estimate of drug-likeness (QED) is 0.563. The molecule has 0 heterocycles. The third-order valence-electron chi connectivity index (χ3n) is 1.72. The Morgan fingerprint density at radius 3 is 1.88 bits per heavy atom. The van der Waals surface area contributed by atoms with Gasteiger partial charge < -0.3 is 5.32 Å². The lowest BCUT2D eigenvalue weighted by Gasteiger charge is -1.92. The minimum Gasteiger partial charge on any atom is -0.314 e. The van der Waals surface area contributed by atoms with Crippen LogP contribution < -0.4 is 5.32 Å². The summed E-state index contributed by atoms with van der Waals surface area (Å²) in [6.07, 6.45) is 0. The van der Waals surface area contributed by atoms with Crippen LogP contribution in [0.3, 0.4) is 0 Å². The van der Waals surface area contributed by atoms with E-state index in [-0.39, 0.29) is 0 Å². The lowest BCUT2D eigenvalue weighted by atomic mass is 10.5. The molecular weight excluding hydrogens is 145 g/mol. The van der Waals surface area contributed by atoms with Crippen LogP contribution in [0, 0.1) is 5.92 Å². The lowest BCUT2D eigenvalue weighted by molar-refractivity contribution is 0.746. The largest absolute Gasteiger partial charge is 0.314 e. The van der Waals surface area contributed by atoms with Gasteiger partial charge in [-0.1, -0.05) is 30.1 Å². The molecule has 8 heavy (non-hydrogen) atoms. The van der Waals surface area contributed by atoms with Crippen LogP contribution in [0.15, 0.2) is 0 Å². The van der Waals surface area contributed by atoms with Crippen molar-refractivity contribution in [3.05, 3.63) is 0 Å². The van der Waals surface area contributed by atoms with Gasteiger partial charge in [0.05, 0.1) is 0 Å². The molecule has 0 aromatic carbocycles. The van der Waals surface area contributed by atoms with Crippen molar-refractivity contribution >= 4 is 23.2 Å². The van der Waals surface area contributed by atoms with Gasteiger partial charge in [-0.15, -0.1) is 0 Å². The van der Waals surface area contributed by atoms with Gasteiger partial charge in [0.1, 0.15) is 4.33 Å². The highest BCUT2D eigenvalue weighted by Crippen LogP contribution is 2.52. The van der Waals surface area contributed by atoms with E-state index in [0.29, 0.717) is 12.0 Å². The number of hydrogen-bond donors (Lipinski definition) is 1. The first kappa shape index (κ1) is 6.66. The van der Waals surface area contributed by atoms with Crippen molar-refractivity contribution in [1.82, 2.24) is 5.32 Å². The lowest BCUT2D eigenvalue weighted by Crippen LogP contribution is -2.14. The van der Waals surface area contributed by atoms with Crippen LogP contribution >= 0.6 is 23.2 Å². The molecule has 0 bridgehead atoms. The molecule has 1 rings (SSSR count). The van der Waals surface area contributed by atoms with E-state index in [2.05, 4.69) is 5.32 Å². The molecule has 0 aromatic rings. The van der Waals surface area contributed by atoms with Crippen molar-refractivity contribution in [1.29, 1.82) is 0 Å². The first-order valence-corrected chi connectivity index (χ1v) is 3.41. The normalized spacial score (nSPS) is 42.0. The Kier molecular flexibility index (Phi) is 1.46. The van der Waals surface area contributed by atoms with Crippen LogP contribution in [-0.4, -0.2) is 17.4 Å². The summed E-state index contributed by atoms with van der Waals surface area (Å²) >= 11 is 11.5.